The molecule has 1 aliphatic heterocycles. The zero-order chi connectivity index (χ0) is 9.30. The van der Waals surface area contributed by atoms with Gasteiger partial charge < -0.3 is 4.90 Å². The predicted octanol–water partition coefficient (Wildman–Crippen LogP) is 1.71. The summed E-state index contributed by atoms with van der Waals surface area (Å²) in [6.45, 7) is 10.9. The zero-order valence-electron chi connectivity index (χ0n) is 8.65. The van der Waals surface area contributed by atoms with E-state index in [1.165, 1.54) is 0 Å². The summed E-state index contributed by atoms with van der Waals surface area (Å²) in [6.07, 6.45) is 2.35. The highest BCUT2D eigenvalue weighted by Gasteiger charge is 2.26. The molecular weight excluding hydrogens is 150 g/mol. The van der Waals surface area contributed by atoms with Gasteiger partial charge in [0.2, 0.25) is 0 Å². The van der Waals surface area contributed by atoms with E-state index in [0.29, 0.717) is 18.2 Å². The van der Waals surface area contributed by atoms with Crippen molar-refractivity contribution in [3.8, 4) is 0 Å². The smallest absolute Gasteiger partial charge is 0.116 e. The van der Waals surface area contributed by atoms with Gasteiger partial charge in [-0.25, -0.2) is 0 Å². The normalized spacial score (nSPS) is 23.4. The van der Waals surface area contributed by atoms with E-state index in [1.807, 2.05) is 6.34 Å². The Kier molecular flexibility index (Phi) is 2.60. The minimum absolute atomic E-state index is 0.407. The second-order valence-electron chi connectivity index (χ2n) is 3.88. The van der Waals surface area contributed by atoms with E-state index < -0.39 is 0 Å². The fourth-order valence-corrected chi connectivity index (χ4v) is 1.58. The summed E-state index contributed by atoms with van der Waals surface area (Å²) in [5.74, 6) is 0. The number of rotatable bonds is 2. The molecule has 1 rings (SSSR count). The maximum atomic E-state index is 4.35. The summed E-state index contributed by atoms with van der Waals surface area (Å²) in [5, 5.41) is 6.48. The Hall–Kier alpha value is -0.730. The fraction of sp³-hybridized carbons (Fsp3) is 0.889. The summed E-state index contributed by atoms with van der Waals surface area (Å²) in [5.41, 5.74) is 0. The molecule has 1 unspecified atom stereocenters. The average Bonchev–Trinajstić information content (AvgIpc) is 2.30. The van der Waals surface area contributed by atoms with Gasteiger partial charge in [-0.05, 0) is 34.6 Å². The predicted molar refractivity (Wildman–Crippen MR) is 51.9 cm³/mol. The van der Waals surface area contributed by atoms with Crippen molar-refractivity contribution in [2.24, 2.45) is 5.10 Å². The Bertz CT molecular complexity index is 157. The summed E-state index contributed by atoms with van der Waals surface area (Å²) >= 11 is 0. The lowest BCUT2D eigenvalue weighted by Crippen LogP contribution is -2.43. The highest BCUT2D eigenvalue weighted by atomic mass is 15.6. The van der Waals surface area contributed by atoms with Crippen molar-refractivity contribution in [3.05, 3.63) is 0 Å². The maximum absolute atomic E-state index is 4.35. The molecule has 0 fully saturated rings. The van der Waals surface area contributed by atoms with Crippen LogP contribution in [0.2, 0.25) is 0 Å². The Labute approximate surface area is 75.0 Å². The summed E-state index contributed by atoms with van der Waals surface area (Å²) in [7, 11) is 0. The monoisotopic (exact) mass is 169 g/mol. The molecule has 0 spiro atoms. The zero-order valence-corrected chi connectivity index (χ0v) is 8.65. The lowest BCUT2D eigenvalue weighted by Gasteiger charge is -2.32. The lowest BCUT2D eigenvalue weighted by atomic mass is 10.3. The SMILES string of the molecule is CC(C)N1C=NN(C(C)C)C1C. The fourth-order valence-electron chi connectivity index (χ4n) is 1.58. The first kappa shape index (κ1) is 9.36. The van der Waals surface area contributed by atoms with Crippen molar-refractivity contribution in [2.75, 3.05) is 0 Å². The van der Waals surface area contributed by atoms with E-state index in [0.717, 1.165) is 0 Å². The third-order valence-corrected chi connectivity index (χ3v) is 2.26. The Morgan fingerprint density at radius 1 is 1.17 bits per heavy atom. The molecule has 0 aromatic carbocycles. The van der Waals surface area contributed by atoms with Gasteiger partial charge in [0.1, 0.15) is 12.5 Å². The molecule has 3 nitrogen and oxygen atoms in total. The second-order valence-corrected chi connectivity index (χ2v) is 3.88. The summed E-state index contributed by atoms with van der Waals surface area (Å²) in [4.78, 5) is 2.26. The molecule has 0 bridgehead atoms. The second kappa shape index (κ2) is 3.33. The van der Waals surface area contributed by atoms with Crippen LogP contribution in [-0.4, -0.2) is 34.5 Å². The third-order valence-electron chi connectivity index (χ3n) is 2.26. The van der Waals surface area contributed by atoms with Gasteiger partial charge in [0.25, 0.3) is 0 Å². The van der Waals surface area contributed by atoms with Crippen LogP contribution in [0, 0.1) is 0 Å². The number of hydrogen-bond acceptors (Lipinski definition) is 3. The third kappa shape index (κ3) is 1.54. The van der Waals surface area contributed by atoms with Crippen LogP contribution in [0.3, 0.4) is 0 Å². The van der Waals surface area contributed by atoms with E-state index >= 15 is 0 Å². The van der Waals surface area contributed by atoms with Gasteiger partial charge in [0.05, 0.1) is 0 Å². The van der Waals surface area contributed by atoms with E-state index in [2.05, 4.69) is 49.6 Å². The van der Waals surface area contributed by atoms with Crippen molar-refractivity contribution >= 4 is 6.34 Å². The van der Waals surface area contributed by atoms with Gasteiger partial charge in [-0.1, -0.05) is 0 Å². The largest absolute Gasteiger partial charge is 0.337 e. The van der Waals surface area contributed by atoms with Crippen molar-refractivity contribution in [3.63, 3.8) is 0 Å². The van der Waals surface area contributed by atoms with Crippen LogP contribution >= 0.6 is 0 Å². The van der Waals surface area contributed by atoms with Gasteiger partial charge in [-0.3, -0.25) is 5.01 Å². The molecule has 0 N–H and O–H groups in total. The van der Waals surface area contributed by atoms with Gasteiger partial charge in [-0.2, -0.15) is 5.10 Å². The molecule has 0 saturated carbocycles. The summed E-state index contributed by atoms with van der Waals surface area (Å²) < 4.78 is 0. The van der Waals surface area contributed by atoms with Crippen LogP contribution in [-0.2, 0) is 0 Å². The molecule has 0 aromatic heterocycles. The van der Waals surface area contributed by atoms with Crippen LogP contribution in [0.1, 0.15) is 34.6 Å². The van der Waals surface area contributed by atoms with E-state index in [-0.39, 0.29) is 0 Å². The van der Waals surface area contributed by atoms with Crippen LogP contribution in [0.5, 0.6) is 0 Å². The minimum atomic E-state index is 0.407. The first-order chi connectivity index (χ1) is 5.54. The maximum Gasteiger partial charge on any atom is 0.116 e. The number of hydrazone groups is 1. The summed E-state index contributed by atoms with van der Waals surface area (Å²) in [6, 6.07) is 1.02. The van der Waals surface area contributed by atoms with Gasteiger partial charge in [0, 0.05) is 12.1 Å². The van der Waals surface area contributed by atoms with Crippen LogP contribution in [0.15, 0.2) is 5.10 Å². The number of nitrogens with zero attached hydrogens (tertiary/aromatic N) is 3. The Morgan fingerprint density at radius 2 is 1.75 bits per heavy atom. The molecule has 0 aliphatic carbocycles. The number of hydrogen-bond donors (Lipinski definition) is 0. The molecule has 0 radical (unpaired) electrons. The van der Waals surface area contributed by atoms with E-state index in [4.69, 9.17) is 0 Å². The van der Waals surface area contributed by atoms with E-state index in [1.54, 1.807) is 0 Å². The molecule has 0 aromatic rings. The van der Waals surface area contributed by atoms with Crippen molar-refractivity contribution in [2.45, 2.75) is 52.9 Å². The first-order valence-corrected chi connectivity index (χ1v) is 4.64. The lowest BCUT2D eigenvalue weighted by molar-refractivity contribution is 0.0993. The molecule has 1 aliphatic rings. The molecular formula is C9H19N3. The van der Waals surface area contributed by atoms with Crippen molar-refractivity contribution in [1.82, 2.24) is 9.91 Å². The average molecular weight is 169 g/mol. The van der Waals surface area contributed by atoms with Crippen LogP contribution in [0.4, 0.5) is 0 Å². The quantitative estimate of drug-likeness (QED) is 0.626. The highest BCUT2D eigenvalue weighted by molar-refractivity contribution is 5.57. The van der Waals surface area contributed by atoms with Gasteiger partial charge >= 0.3 is 0 Å². The van der Waals surface area contributed by atoms with Crippen molar-refractivity contribution in [1.29, 1.82) is 0 Å². The molecule has 70 valence electrons. The van der Waals surface area contributed by atoms with Gasteiger partial charge in [0.15, 0.2) is 0 Å². The Morgan fingerprint density at radius 3 is 2.00 bits per heavy atom. The topological polar surface area (TPSA) is 18.8 Å². The van der Waals surface area contributed by atoms with Crippen molar-refractivity contribution < 1.29 is 0 Å². The minimum Gasteiger partial charge on any atom is -0.337 e. The Balaban J connectivity index is 2.62. The molecule has 1 atom stereocenters. The van der Waals surface area contributed by atoms with Crippen LogP contribution in [0.25, 0.3) is 0 Å². The molecule has 12 heavy (non-hydrogen) atoms. The van der Waals surface area contributed by atoms with E-state index in [9.17, 15) is 0 Å². The molecule has 1 heterocycles. The molecule has 3 heteroatoms. The first-order valence-electron chi connectivity index (χ1n) is 4.64. The standard InChI is InChI=1S/C9H19N3/c1-7(2)11-6-10-12(8(3)4)9(11)5/h6-9H,1-5H3. The molecule has 0 saturated heterocycles. The highest BCUT2D eigenvalue weighted by Crippen LogP contribution is 2.17. The van der Waals surface area contributed by atoms with Gasteiger partial charge in [-0.15, -0.1) is 0 Å². The molecule has 0 amide bonds. The van der Waals surface area contributed by atoms with Crippen LogP contribution < -0.4 is 0 Å².